The predicted octanol–water partition coefficient (Wildman–Crippen LogP) is 3.40. The van der Waals surface area contributed by atoms with Crippen LogP contribution in [0.3, 0.4) is 0 Å². The fraction of sp³-hybridized carbons (Fsp3) is 0.500. The number of benzene rings is 1. The van der Waals surface area contributed by atoms with Gasteiger partial charge in [0.2, 0.25) is 0 Å². The molecule has 1 heterocycles. The minimum atomic E-state index is -0.328. The van der Waals surface area contributed by atoms with Gasteiger partial charge in [0.1, 0.15) is 11.4 Å². The highest BCUT2D eigenvalue weighted by Gasteiger charge is 2.27. The second kappa shape index (κ2) is 4.49. The molecule has 1 aromatic heterocycles. The average Bonchev–Trinajstić information content (AvgIpc) is 2.80. The number of hydrogen-bond acceptors (Lipinski definition) is 2. The molecule has 1 atom stereocenters. The van der Waals surface area contributed by atoms with Crippen LogP contribution in [0.1, 0.15) is 38.6 Å². The Morgan fingerprint density at radius 2 is 2.12 bits per heavy atom. The highest BCUT2D eigenvalue weighted by Crippen LogP contribution is 2.27. The van der Waals surface area contributed by atoms with Gasteiger partial charge >= 0.3 is 0 Å². The third-order valence-corrected chi connectivity index (χ3v) is 3.58. The van der Waals surface area contributed by atoms with E-state index in [0.29, 0.717) is 0 Å². The Kier molecular flexibility index (Phi) is 3.20. The van der Waals surface area contributed by atoms with Crippen molar-refractivity contribution in [2.75, 3.05) is 7.11 Å². The Labute approximate surface area is 102 Å². The lowest BCUT2D eigenvalue weighted by atomic mass is 10.0. The fourth-order valence-electron chi connectivity index (χ4n) is 1.94. The summed E-state index contributed by atoms with van der Waals surface area (Å²) in [5.74, 6) is 0.908. The van der Waals surface area contributed by atoms with Crippen LogP contribution < -0.4 is 0 Å². The van der Waals surface area contributed by atoms with Gasteiger partial charge in [-0.25, -0.2) is 4.98 Å². The summed E-state index contributed by atoms with van der Waals surface area (Å²) in [6.07, 6.45) is 1.93. The lowest BCUT2D eigenvalue weighted by Crippen LogP contribution is -2.24. The van der Waals surface area contributed by atoms with E-state index in [9.17, 15) is 0 Å². The number of ether oxygens (including phenoxy) is 1. The molecular formula is C14H20N2O. The van der Waals surface area contributed by atoms with Crippen molar-refractivity contribution >= 4 is 11.0 Å². The molecule has 3 nitrogen and oxygen atoms in total. The molecule has 92 valence electrons. The monoisotopic (exact) mass is 232 g/mol. The number of fused-ring (bicyclic) bond motifs is 1. The molecule has 0 saturated heterocycles. The quantitative estimate of drug-likeness (QED) is 0.877. The van der Waals surface area contributed by atoms with Gasteiger partial charge in [-0.1, -0.05) is 19.9 Å². The standard InChI is InChI=1S/C14H20N2O/c1-5-10-7-8-11-12(9-10)16-13(15-11)14(3,6-2)17-4/h7-9H,5-6H2,1-4H3,(H,15,16). The van der Waals surface area contributed by atoms with Gasteiger partial charge in [-0.2, -0.15) is 0 Å². The van der Waals surface area contributed by atoms with Crippen LogP contribution in [0.4, 0.5) is 0 Å². The number of H-pyrrole nitrogens is 1. The summed E-state index contributed by atoms with van der Waals surface area (Å²) >= 11 is 0. The largest absolute Gasteiger partial charge is 0.371 e. The molecule has 0 aliphatic carbocycles. The fourth-order valence-corrected chi connectivity index (χ4v) is 1.94. The molecule has 0 saturated carbocycles. The van der Waals surface area contributed by atoms with Crippen LogP contribution in [-0.4, -0.2) is 17.1 Å². The van der Waals surface area contributed by atoms with E-state index in [4.69, 9.17) is 4.74 Å². The van der Waals surface area contributed by atoms with Gasteiger partial charge < -0.3 is 9.72 Å². The Hall–Kier alpha value is -1.35. The first-order chi connectivity index (χ1) is 8.12. The van der Waals surface area contributed by atoms with E-state index in [1.54, 1.807) is 7.11 Å². The van der Waals surface area contributed by atoms with Crippen LogP contribution >= 0.6 is 0 Å². The van der Waals surface area contributed by atoms with Crippen molar-refractivity contribution in [2.45, 2.75) is 39.2 Å². The number of hydrogen-bond donors (Lipinski definition) is 1. The molecule has 1 N–H and O–H groups in total. The van der Waals surface area contributed by atoms with Crippen LogP contribution in [0.2, 0.25) is 0 Å². The SMILES string of the molecule is CCc1ccc2nc(C(C)(CC)OC)[nH]c2c1. The Morgan fingerprint density at radius 1 is 1.35 bits per heavy atom. The molecule has 17 heavy (non-hydrogen) atoms. The number of rotatable bonds is 4. The maximum atomic E-state index is 5.57. The zero-order chi connectivity index (χ0) is 12.5. The number of methoxy groups -OCH3 is 1. The van der Waals surface area contributed by atoms with E-state index in [1.807, 2.05) is 0 Å². The first-order valence-electron chi connectivity index (χ1n) is 6.17. The first-order valence-corrected chi connectivity index (χ1v) is 6.17. The summed E-state index contributed by atoms with van der Waals surface area (Å²) in [7, 11) is 1.73. The second-order valence-electron chi connectivity index (χ2n) is 4.58. The van der Waals surface area contributed by atoms with Crippen molar-refractivity contribution in [1.82, 2.24) is 9.97 Å². The summed E-state index contributed by atoms with van der Waals surface area (Å²) in [6, 6.07) is 6.36. The van der Waals surface area contributed by atoms with Crippen molar-refractivity contribution in [2.24, 2.45) is 0 Å². The highest BCUT2D eigenvalue weighted by atomic mass is 16.5. The van der Waals surface area contributed by atoms with Crippen molar-refractivity contribution in [1.29, 1.82) is 0 Å². The molecule has 0 aliphatic heterocycles. The van der Waals surface area contributed by atoms with Crippen LogP contribution in [-0.2, 0) is 16.8 Å². The van der Waals surface area contributed by atoms with E-state index >= 15 is 0 Å². The Balaban J connectivity index is 2.50. The molecule has 0 fully saturated rings. The molecule has 2 aromatic rings. The predicted molar refractivity (Wildman–Crippen MR) is 70.1 cm³/mol. The zero-order valence-corrected chi connectivity index (χ0v) is 11.0. The van der Waals surface area contributed by atoms with E-state index < -0.39 is 0 Å². The van der Waals surface area contributed by atoms with Crippen molar-refractivity contribution in [3.63, 3.8) is 0 Å². The minimum Gasteiger partial charge on any atom is -0.371 e. The maximum absolute atomic E-state index is 5.57. The minimum absolute atomic E-state index is 0.328. The molecule has 2 rings (SSSR count). The normalized spacial score (nSPS) is 15.1. The van der Waals surface area contributed by atoms with E-state index in [0.717, 1.165) is 29.7 Å². The third-order valence-electron chi connectivity index (χ3n) is 3.58. The Bertz CT molecular complexity index is 512. The number of aromatic nitrogens is 2. The van der Waals surface area contributed by atoms with Crippen LogP contribution in [0.5, 0.6) is 0 Å². The molecule has 0 aliphatic rings. The molecule has 0 radical (unpaired) electrons. The molecular weight excluding hydrogens is 212 g/mol. The van der Waals surface area contributed by atoms with Gasteiger partial charge in [-0.3, -0.25) is 0 Å². The summed E-state index contributed by atoms with van der Waals surface area (Å²) in [6.45, 7) is 6.32. The molecule has 1 unspecified atom stereocenters. The van der Waals surface area contributed by atoms with Gasteiger partial charge in [0.15, 0.2) is 0 Å². The maximum Gasteiger partial charge on any atom is 0.139 e. The number of aryl methyl sites for hydroxylation is 1. The topological polar surface area (TPSA) is 37.9 Å². The van der Waals surface area contributed by atoms with E-state index in [2.05, 4.69) is 48.9 Å². The second-order valence-corrected chi connectivity index (χ2v) is 4.58. The van der Waals surface area contributed by atoms with E-state index in [-0.39, 0.29) is 5.60 Å². The zero-order valence-electron chi connectivity index (χ0n) is 11.0. The molecule has 0 bridgehead atoms. The molecule has 0 amide bonds. The number of nitrogens with zero attached hydrogens (tertiary/aromatic N) is 1. The average molecular weight is 232 g/mol. The van der Waals surface area contributed by atoms with Gasteiger partial charge in [0, 0.05) is 7.11 Å². The van der Waals surface area contributed by atoms with Crippen LogP contribution in [0.25, 0.3) is 11.0 Å². The molecule has 1 aromatic carbocycles. The summed E-state index contributed by atoms with van der Waals surface area (Å²) in [4.78, 5) is 8.00. The Morgan fingerprint density at radius 3 is 2.71 bits per heavy atom. The molecule has 0 spiro atoms. The summed E-state index contributed by atoms with van der Waals surface area (Å²) in [5, 5.41) is 0. The van der Waals surface area contributed by atoms with E-state index in [1.165, 1.54) is 5.56 Å². The smallest absolute Gasteiger partial charge is 0.139 e. The van der Waals surface area contributed by atoms with Crippen molar-refractivity contribution in [3.05, 3.63) is 29.6 Å². The van der Waals surface area contributed by atoms with Crippen LogP contribution in [0, 0.1) is 0 Å². The van der Waals surface area contributed by atoms with Gasteiger partial charge in [0.25, 0.3) is 0 Å². The van der Waals surface area contributed by atoms with Gasteiger partial charge in [0.05, 0.1) is 11.0 Å². The van der Waals surface area contributed by atoms with Crippen molar-refractivity contribution in [3.8, 4) is 0 Å². The number of aromatic amines is 1. The van der Waals surface area contributed by atoms with Gasteiger partial charge in [-0.05, 0) is 37.5 Å². The number of nitrogens with one attached hydrogen (secondary N) is 1. The van der Waals surface area contributed by atoms with Crippen LogP contribution in [0.15, 0.2) is 18.2 Å². The molecule has 3 heteroatoms. The first kappa shape index (κ1) is 12.1. The van der Waals surface area contributed by atoms with Crippen molar-refractivity contribution < 1.29 is 4.74 Å². The lowest BCUT2D eigenvalue weighted by Gasteiger charge is -2.23. The lowest BCUT2D eigenvalue weighted by molar-refractivity contribution is -0.00803. The van der Waals surface area contributed by atoms with Gasteiger partial charge in [-0.15, -0.1) is 0 Å². The number of imidazole rings is 1. The summed E-state index contributed by atoms with van der Waals surface area (Å²) < 4.78 is 5.57. The summed E-state index contributed by atoms with van der Waals surface area (Å²) in [5.41, 5.74) is 3.10. The third kappa shape index (κ3) is 2.07. The highest BCUT2D eigenvalue weighted by molar-refractivity contribution is 5.76.